The summed E-state index contributed by atoms with van der Waals surface area (Å²) >= 11 is 0. The summed E-state index contributed by atoms with van der Waals surface area (Å²) in [5.41, 5.74) is -0.792. The zero-order chi connectivity index (χ0) is 22.8. The first-order valence-electron chi connectivity index (χ1n) is 9.43. The molecule has 7 nitrogen and oxygen atoms in total. The maximum Gasteiger partial charge on any atom is 0.416 e. The molecule has 3 rings (SSSR count). The van der Waals surface area contributed by atoms with Crippen molar-refractivity contribution in [2.24, 2.45) is 0 Å². The lowest BCUT2D eigenvalue weighted by atomic mass is 10.1. The van der Waals surface area contributed by atoms with Crippen molar-refractivity contribution < 1.29 is 27.3 Å². The van der Waals surface area contributed by atoms with Crippen molar-refractivity contribution in [2.45, 2.75) is 13.1 Å². The summed E-state index contributed by atoms with van der Waals surface area (Å²) in [5, 5.41) is 13.8. The molecule has 0 aromatic heterocycles. The van der Waals surface area contributed by atoms with Crippen LogP contribution in [0.3, 0.4) is 0 Å². The number of hydrogen-bond donors (Lipinski definition) is 1. The van der Waals surface area contributed by atoms with E-state index in [1.54, 1.807) is 22.8 Å². The first-order chi connectivity index (χ1) is 14.5. The van der Waals surface area contributed by atoms with E-state index < -0.39 is 34.1 Å². The van der Waals surface area contributed by atoms with Gasteiger partial charge in [-0.15, -0.1) is 0 Å². The van der Waals surface area contributed by atoms with Gasteiger partial charge in [0.15, 0.2) is 0 Å². The van der Waals surface area contributed by atoms with Crippen LogP contribution in [0.2, 0.25) is 0 Å². The number of anilines is 2. The molecular weight excluding hydrogens is 420 g/mol. The number of carbonyl (C=O) groups is 1. The number of alkyl halides is 3. The summed E-state index contributed by atoms with van der Waals surface area (Å²) in [6, 6.07) is 6.91. The van der Waals surface area contributed by atoms with Gasteiger partial charge in [-0.25, -0.2) is 4.39 Å². The molecule has 1 fully saturated rings. The van der Waals surface area contributed by atoms with Gasteiger partial charge in [-0.05, 0) is 36.8 Å². The zero-order valence-electron chi connectivity index (χ0n) is 16.6. The Kier molecular flexibility index (Phi) is 6.44. The monoisotopic (exact) mass is 440 g/mol. The second-order valence-electron chi connectivity index (χ2n) is 7.25. The van der Waals surface area contributed by atoms with Crippen LogP contribution >= 0.6 is 0 Å². The fraction of sp³-hybridized carbons (Fsp3) is 0.350. The molecule has 0 radical (unpaired) electrons. The number of hydrogen-bond acceptors (Lipinski definition) is 5. The van der Waals surface area contributed by atoms with E-state index in [1.807, 2.05) is 0 Å². The van der Waals surface area contributed by atoms with Gasteiger partial charge in [0, 0.05) is 32.2 Å². The highest BCUT2D eigenvalue weighted by molar-refractivity contribution is 5.92. The number of amides is 1. The molecule has 0 atom stereocenters. The SMILES string of the molecule is Cc1ccc(NC(=O)CN2CCN(c3ccc(C(F)(F)F)cc3[N+](=O)[O-])CC2)c(F)c1. The molecule has 0 aliphatic carbocycles. The smallest absolute Gasteiger partial charge is 0.363 e. The highest BCUT2D eigenvalue weighted by atomic mass is 19.4. The lowest BCUT2D eigenvalue weighted by Crippen LogP contribution is -2.48. The van der Waals surface area contributed by atoms with E-state index in [0.29, 0.717) is 32.2 Å². The zero-order valence-corrected chi connectivity index (χ0v) is 16.6. The van der Waals surface area contributed by atoms with E-state index in [-0.39, 0.29) is 17.9 Å². The minimum absolute atomic E-state index is 0.00371. The maximum atomic E-state index is 13.9. The molecule has 0 bridgehead atoms. The summed E-state index contributed by atoms with van der Waals surface area (Å²) in [5.74, 6) is -0.940. The van der Waals surface area contributed by atoms with Gasteiger partial charge in [-0.3, -0.25) is 19.8 Å². The summed E-state index contributed by atoms with van der Waals surface area (Å²) in [6.45, 7) is 3.03. The molecule has 0 saturated carbocycles. The molecule has 1 aliphatic heterocycles. The third-order valence-corrected chi connectivity index (χ3v) is 4.98. The lowest BCUT2D eigenvalue weighted by Gasteiger charge is -2.35. The molecule has 166 valence electrons. The Morgan fingerprint density at radius 1 is 1.13 bits per heavy atom. The number of halogens is 4. The van der Waals surface area contributed by atoms with Crippen LogP contribution in [0, 0.1) is 22.9 Å². The summed E-state index contributed by atoms with van der Waals surface area (Å²) in [4.78, 5) is 26.1. The highest BCUT2D eigenvalue weighted by Gasteiger charge is 2.34. The molecule has 0 spiro atoms. The standard InChI is InChI=1S/C20H20F4N4O3/c1-13-2-4-16(15(21)10-13)25-19(29)12-26-6-8-27(9-7-26)17-5-3-14(20(22,23)24)11-18(17)28(30)31/h2-5,10-11H,6-9,12H2,1H3,(H,25,29). The largest absolute Gasteiger partial charge is 0.416 e. The van der Waals surface area contributed by atoms with Crippen molar-refractivity contribution >= 4 is 23.0 Å². The maximum absolute atomic E-state index is 13.9. The van der Waals surface area contributed by atoms with Crippen molar-refractivity contribution in [2.75, 3.05) is 42.9 Å². The van der Waals surface area contributed by atoms with Crippen LogP contribution in [0.25, 0.3) is 0 Å². The van der Waals surface area contributed by atoms with E-state index in [4.69, 9.17) is 0 Å². The first-order valence-corrected chi connectivity index (χ1v) is 9.43. The van der Waals surface area contributed by atoms with Gasteiger partial charge in [0.25, 0.3) is 5.69 Å². The van der Waals surface area contributed by atoms with E-state index in [2.05, 4.69) is 5.32 Å². The van der Waals surface area contributed by atoms with Crippen LogP contribution in [-0.2, 0) is 11.0 Å². The third-order valence-electron chi connectivity index (χ3n) is 4.98. The van der Waals surface area contributed by atoms with Crippen molar-refractivity contribution in [3.63, 3.8) is 0 Å². The molecule has 1 amide bonds. The number of nitrogens with one attached hydrogen (secondary N) is 1. The highest BCUT2D eigenvalue weighted by Crippen LogP contribution is 2.36. The van der Waals surface area contributed by atoms with Crippen LogP contribution in [0.5, 0.6) is 0 Å². The summed E-state index contributed by atoms with van der Waals surface area (Å²) in [6.07, 6.45) is -4.67. The fourth-order valence-corrected chi connectivity index (χ4v) is 3.37. The van der Waals surface area contributed by atoms with Crippen LogP contribution in [0.15, 0.2) is 36.4 Å². The molecule has 1 heterocycles. The second-order valence-corrected chi connectivity index (χ2v) is 7.25. The molecule has 11 heteroatoms. The molecule has 1 aliphatic rings. The predicted octanol–water partition coefficient (Wildman–Crippen LogP) is 3.82. The molecule has 1 saturated heterocycles. The Balaban J connectivity index is 1.61. The molecule has 1 N–H and O–H groups in total. The van der Waals surface area contributed by atoms with Crippen LogP contribution in [0.1, 0.15) is 11.1 Å². The van der Waals surface area contributed by atoms with Gasteiger partial charge in [-0.2, -0.15) is 13.2 Å². The number of aryl methyl sites for hydroxylation is 1. The van der Waals surface area contributed by atoms with Gasteiger partial charge in [0.2, 0.25) is 5.91 Å². The predicted molar refractivity (Wildman–Crippen MR) is 107 cm³/mol. The summed E-state index contributed by atoms with van der Waals surface area (Å²) in [7, 11) is 0. The molecule has 2 aromatic carbocycles. The molecule has 0 unspecified atom stereocenters. The Hall–Kier alpha value is -3.21. The fourth-order valence-electron chi connectivity index (χ4n) is 3.37. The molecule has 31 heavy (non-hydrogen) atoms. The van der Waals surface area contributed by atoms with Gasteiger partial charge < -0.3 is 10.2 Å². The quantitative estimate of drug-likeness (QED) is 0.435. The Morgan fingerprint density at radius 2 is 1.81 bits per heavy atom. The van der Waals surface area contributed by atoms with Crippen LogP contribution < -0.4 is 10.2 Å². The Labute approximate surface area is 175 Å². The second kappa shape index (κ2) is 8.88. The Morgan fingerprint density at radius 3 is 2.39 bits per heavy atom. The Bertz CT molecular complexity index is 989. The number of nitro benzene ring substituents is 1. The first kappa shape index (κ1) is 22.5. The lowest BCUT2D eigenvalue weighted by molar-refractivity contribution is -0.384. The van der Waals surface area contributed by atoms with E-state index in [0.717, 1.165) is 17.7 Å². The summed E-state index contributed by atoms with van der Waals surface area (Å²) < 4.78 is 52.5. The van der Waals surface area contributed by atoms with Gasteiger partial charge in [0.1, 0.15) is 11.5 Å². The third kappa shape index (κ3) is 5.48. The number of nitrogens with zero attached hydrogens (tertiary/aromatic N) is 3. The molecule has 2 aromatic rings. The molecular formula is C20H20F4N4O3. The topological polar surface area (TPSA) is 78.7 Å². The average Bonchev–Trinajstić information content (AvgIpc) is 2.69. The van der Waals surface area contributed by atoms with Crippen molar-refractivity contribution in [3.8, 4) is 0 Å². The van der Waals surface area contributed by atoms with Gasteiger partial charge in [0.05, 0.1) is 22.7 Å². The van der Waals surface area contributed by atoms with E-state index >= 15 is 0 Å². The van der Waals surface area contributed by atoms with Gasteiger partial charge >= 0.3 is 6.18 Å². The van der Waals surface area contributed by atoms with Crippen LogP contribution in [-0.4, -0.2) is 48.5 Å². The van der Waals surface area contributed by atoms with Crippen LogP contribution in [0.4, 0.5) is 34.6 Å². The number of carbonyl (C=O) groups excluding carboxylic acids is 1. The number of nitro groups is 1. The number of benzene rings is 2. The minimum Gasteiger partial charge on any atom is -0.363 e. The van der Waals surface area contributed by atoms with E-state index in [1.165, 1.54) is 12.1 Å². The normalized spacial score (nSPS) is 15.1. The van der Waals surface area contributed by atoms with Crippen molar-refractivity contribution in [1.29, 1.82) is 0 Å². The van der Waals surface area contributed by atoms with Crippen molar-refractivity contribution in [1.82, 2.24) is 4.90 Å². The van der Waals surface area contributed by atoms with E-state index in [9.17, 15) is 32.5 Å². The van der Waals surface area contributed by atoms with Gasteiger partial charge in [-0.1, -0.05) is 6.07 Å². The number of piperazine rings is 1. The average molecular weight is 440 g/mol. The number of rotatable bonds is 5. The van der Waals surface area contributed by atoms with Crippen molar-refractivity contribution in [3.05, 3.63) is 63.5 Å². The minimum atomic E-state index is -4.67.